The van der Waals surface area contributed by atoms with Gasteiger partial charge in [-0.05, 0) is 38.1 Å². The number of carbonyl (C=O) groups is 1. The average molecular weight is 388 g/mol. The molecule has 0 aromatic heterocycles. The highest BCUT2D eigenvalue weighted by atomic mass is 19.1. The van der Waals surface area contributed by atoms with Crippen molar-refractivity contribution in [3.63, 3.8) is 0 Å². The zero-order valence-electron chi connectivity index (χ0n) is 16.3. The number of piperazine rings is 1. The minimum Gasteiger partial charge on any atom is -0.351 e. The maximum Gasteiger partial charge on any atom is 0.253 e. The number of anilines is 2. The Morgan fingerprint density at radius 2 is 1.68 bits per heavy atom. The predicted molar refractivity (Wildman–Crippen MR) is 107 cm³/mol. The highest BCUT2D eigenvalue weighted by molar-refractivity contribution is 6.04. The van der Waals surface area contributed by atoms with Crippen LogP contribution in [0, 0.1) is 5.82 Å². The van der Waals surface area contributed by atoms with Crippen LogP contribution in [-0.4, -0.2) is 92.3 Å². The minimum atomic E-state index is -0.370. The molecule has 0 radical (unpaired) electrons. The molecule has 4 aliphatic heterocycles. The summed E-state index contributed by atoms with van der Waals surface area (Å²) in [6.07, 6.45) is 2.68. The van der Waals surface area contributed by atoms with E-state index in [4.69, 9.17) is 0 Å². The van der Waals surface area contributed by atoms with E-state index in [0.29, 0.717) is 12.1 Å². The van der Waals surface area contributed by atoms with E-state index < -0.39 is 0 Å². The molecule has 152 valence electrons. The van der Waals surface area contributed by atoms with Gasteiger partial charge in [0.2, 0.25) is 0 Å². The molecule has 4 heterocycles. The smallest absolute Gasteiger partial charge is 0.253 e. The van der Waals surface area contributed by atoms with E-state index >= 15 is 0 Å². The molecular weight excluding hydrogens is 359 g/mol. The van der Waals surface area contributed by atoms with Gasteiger partial charge < -0.3 is 20.4 Å². The van der Waals surface area contributed by atoms with Crippen molar-refractivity contribution in [1.82, 2.24) is 20.0 Å². The van der Waals surface area contributed by atoms with Crippen LogP contribution in [0.25, 0.3) is 0 Å². The van der Waals surface area contributed by atoms with Crippen LogP contribution >= 0.6 is 0 Å². The number of nitrogens with zero attached hydrogens (tertiary/aromatic N) is 4. The van der Waals surface area contributed by atoms with Gasteiger partial charge in [-0.25, -0.2) is 4.39 Å². The van der Waals surface area contributed by atoms with E-state index in [2.05, 4.69) is 30.2 Å². The first-order chi connectivity index (χ1) is 13.7. The molecule has 1 aromatic rings. The summed E-state index contributed by atoms with van der Waals surface area (Å²) < 4.78 is 14.0. The fourth-order valence-corrected chi connectivity index (χ4v) is 4.96. The van der Waals surface area contributed by atoms with Crippen molar-refractivity contribution in [1.29, 1.82) is 0 Å². The molecule has 0 saturated carbocycles. The summed E-state index contributed by atoms with van der Waals surface area (Å²) in [7, 11) is 0. The normalized spacial score (nSPS) is 26.1. The molecule has 8 heteroatoms. The van der Waals surface area contributed by atoms with E-state index in [1.165, 1.54) is 44.6 Å². The Morgan fingerprint density at radius 1 is 0.964 bits per heavy atom. The maximum atomic E-state index is 14.0. The Balaban J connectivity index is 1.25. The average Bonchev–Trinajstić information content (AvgIpc) is 3.30. The zero-order valence-corrected chi connectivity index (χ0v) is 16.3. The summed E-state index contributed by atoms with van der Waals surface area (Å²) in [4.78, 5) is 22.1. The van der Waals surface area contributed by atoms with E-state index in [9.17, 15) is 9.18 Å². The summed E-state index contributed by atoms with van der Waals surface area (Å²) in [5, 5.41) is 6.36. The third-order valence-electron chi connectivity index (χ3n) is 6.51. The number of rotatable bonds is 4. The second-order valence-electron chi connectivity index (χ2n) is 8.24. The molecule has 4 aliphatic rings. The van der Waals surface area contributed by atoms with Crippen molar-refractivity contribution in [3.05, 3.63) is 23.5 Å². The Morgan fingerprint density at radius 3 is 2.43 bits per heavy atom. The third-order valence-corrected chi connectivity index (χ3v) is 6.51. The fraction of sp³-hybridized carbons (Fsp3) is 0.650. The minimum absolute atomic E-state index is 0.0102. The lowest BCUT2D eigenvalue weighted by atomic mass is 10.1. The summed E-state index contributed by atoms with van der Waals surface area (Å²) in [6.45, 7) is 10.2. The molecule has 2 fully saturated rings. The van der Waals surface area contributed by atoms with Crippen LogP contribution in [0.3, 0.4) is 0 Å². The Hall–Kier alpha value is -1.90. The molecule has 0 bridgehead atoms. The van der Waals surface area contributed by atoms with Gasteiger partial charge in [-0.15, -0.1) is 0 Å². The number of carbonyl (C=O) groups excluding carboxylic acids is 1. The molecule has 1 unspecified atom stereocenters. The lowest BCUT2D eigenvalue weighted by Gasteiger charge is -2.41. The maximum absolute atomic E-state index is 14.0. The summed E-state index contributed by atoms with van der Waals surface area (Å²) >= 11 is 0. The van der Waals surface area contributed by atoms with Gasteiger partial charge in [0, 0.05) is 52.4 Å². The van der Waals surface area contributed by atoms with Crippen molar-refractivity contribution < 1.29 is 9.18 Å². The number of halogens is 1. The van der Waals surface area contributed by atoms with Gasteiger partial charge in [-0.3, -0.25) is 14.6 Å². The highest BCUT2D eigenvalue weighted by Crippen LogP contribution is 2.40. The fourth-order valence-electron chi connectivity index (χ4n) is 4.96. The van der Waals surface area contributed by atoms with Gasteiger partial charge in [0.1, 0.15) is 5.82 Å². The monoisotopic (exact) mass is 388 g/mol. The number of hydrogen-bond acceptors (Lipinski definition) is 6. The second-order valence-corrected chi connectivity index (χ2v) is 8.24. The first-order valence-electron chi connectivity index (χ1n) is 10.5. The number of nitrogens with one attached hydrogen (secondary N) is 2. The topological polar surface area (TPSA) is 54.1 Å². The van der Waals surface area contributed by atoms with Crippen LogP contribution in [0.15, 0.2) is 12.1 Å². The van der Waals surface area contributed by atoms with Crippen molar-refractivity contribution in [2.75, 3.05) is 75.7 Å². The molecule has 2 saturated heterocycles. The van der Waals surface area contributed by atoms with Gasteiger partial charge in [-0.2, -0.15) is 0 Å². The first-order valence-corrected chi connectivity index (χ1v) is 10.5. The second kappa shape index (κ2) is 7.50. The summed E-state index contributed by atoms with van der Waals surface area (Å²) in [5.74, 6) is -0.557. The molecule has 2 N–H and O–H groups in total. The van der Waals surface area contributed by atoms with E-state index in [-0.39, 0.29) is 18.0 Å². The van der Waals surface area contributed by atoms with Crippen LogP contribution < -0.4 is 15.5 Å². The van der Waals surface area contributed by atoms with Gasteiger partial charge in [0.05, 0.1) is 16.9 Å². The summed E-state index contributed by atoms with van der Waals surface area (Å²) in [6, 6.07) is 2.86. The Kier molecular flexibility index (Phi) is 4.86. The van der Waals surface area contributed by atoms with Crippen molar-refractivity contribution in [2.24, 2.45) is 0 Å². The predicted octanol–water partition coefficient (Wildman–Crippen LogP) is 0.798. The van der Waals surface area contributed by atoms with E-state index in [1.807, 2.05) is 0 Å². The van der Waals surface area contributed by atoms with E-state index in [0.717, 1.165) is 50.6 Å². The molecule has 5 rings (SSSR count). The van der Waals surface area contributed by atoms with Gasteiger partial charge in [0.15, 0.2) is 6.29 Å². The number of likely N-dealkylation sites (tertiary alicyclic amines) is 1. The van der Waals surface area contributed by atoms with Crippen LogP contribution in [0.4, 0.5) is 15.8 Å². The lowest BCUT2D eigenvalue weighted by Crippen LogP contribution is -2.58. The highest BCUT2D eigenvalue weighted by Gasteiger charge is 2.38. The molecule has 1 aromatic carbocycles. The van der Waals surface area contributed by atoms with Crippen LogP contribution in [-0.2, 0) is 0 Å². The first kappa shape index (κ1) is 18.1. The molecule has 0 spiro atoms. The number of hydrogen-bond donors (Lipinski definition) is 2. The van der Waals surface area contributed by atoms with Crippen LogP contribution in [0.1, 0.15) is 23.2 Å². The zero-order chi connectivity index (χ0) is 19.1. The van der Waals surface area contributed by atoms with Gasteiger partial charge in [-0.1, -0.05) is 0 Å². The Labute approximate surface area is 165 Å². The standard InChI is InChI=1S/C20H29FN6O/c21-15-13-16-18-17(14-15)23-20(27(18)6-3-22-19(16)28)26-11-9-25(10-12-26)8-7-24-4-1-2-5-24/h13-14,20,23H,1-12H2,(H,22,28). The lowest BCUT2D eigenvalue weighted by molar-refractivity contribution is 0.0954. The van der Waals surface area contributed by atoms with Gasteiger partial charge in [0.25, 0.3) is 5.91 Å². The Bertz CT molecular complexity index is 744. The largest absolute Gasteiger partial charge is 0.351 e. The third kappa shape index (κ3) is 3.33. The van der Waals surface area contributed by atoms with Crippen molar-refractivity contribution in [3.8, 4) is 0 Å². The van der Waals surface area contributed by atoms with Crippen molar-refractivity contribution >= 4 is 17.3 Å². The van der Waals surface area contributed by atoms with Crippen LogP contribution in [0.2, 0.25) is 0 Å². The molecule has 0 aliphatic carbocycles. The molecule has 1 amide bonds. The molecular formula is C20H29FN6O. The van der Waals surface area contributed by atoms with Gasteiger partial charge >= 0.3 is 0 Å². The molecule has 1 atom stereocenters. The summed E-state index contributed by atoms with van der Waals surface area (Å²) in [5.41, 5.74) is 2.01. The van der Waals surface area contributed by atoms with E-state index in [1.54, 1.807) is 0 Å². The number of benzene rings is 1. The molecule has 7 nitrogen and oxygen atoms in total. The SMILES string of the molecule is O=C1NCCN2c3c(cc(F)cc31)NC2N1CCN(CCN2CCCC2)CC1. The quantitative estimate of drug-likeness (QED) is 0.796. The molecule has 28 heavy (non-hydrogen) atoms. The number of amides is 1. The van der Waals surface area contributed by atoms with Crippen molar-refractivity contribution in [2.45, 2.75) is 19.1 Å². The van der Waals surface area contributed by atoms with Crippen LogP contribution in [0.5, 0.6) is 0 Å².